The van der Waals surface area contributed by atoms with E-state index in [-0.39, 0.29) is 6.10 Å². The largest absolute Gasteiger partial charge is 0.489 e. The van der Waals surface area contributed by atoms with Gasteiger partial charge in [-0.05, 0) is 30.0 Å². The molecule has 0 radical (unpaired) electrons. The summed E-state index contributed by atoms with van der Waals surface area (Å²) in [6.07, 6.45) is 1.43. The van der Waals surface area contributed by atoms with E-state index in [0.717, 1.165) is 29.0 Å². The molecule has 1 atom stereocenters. The topological polar surface area (TPSA) is 29.5 Å². The Morgan fingerprint density at radius 2 is 2.00 bits per heavy atom. The molecule has 0 saturated carbocycles. The average Bonchev–Trinajstić information content (AvgIpc) is 2.86. The van der Waals surface area contributed by atoms with Crippen LogP contribution in [0, 0.1) is 0 Å². The van der Waals surface area contributed by atoms with E-state index in [1.54, 1.807) is 11.3 Å². The summed E-state index contributed by atoms with van der Waals surface area (Å²) >= 11 is 1.60. The Bertz CT molecular complexity index is 464. The minimum Gasteiger partial charge on any atom is -0.489 e. The second-order valence-corrected chi connectivity index (χ2v) is 5.16. The van der Waals surface area contributed by atoms with Crippen molar-refractivity contribution < 1.29 is 9.84 Å². The first kappa shape index (κ1) is 13.1. The van der Waals surface area contributed by atoms with Gasteiger partial charge in [0.05, 0.1) is 6.10 Å². The molecule has 18 heavy (non-hydrogen) atoms. The number of aliphatic hydroxyl groups is 1. The van der Waals surface area contributed by atoms with Crippen molar-refractivity contribution in [2.45, 2.75) is 32.5 Å². The Labute approximate surface area is 112 Å². The SMILES string of the molecule is CCCC(O)c1sccc1COc1ccccc1. The van der Waals surface area contributed by atoms with Gasteiger partial charge in [-0.25, -0.2) is 0 Å². The highest BCUT2D eigenvalue weighted by Crippen LogP contribution is 2.28. The summed E-state index contributed by atoms with van der Waals surface area (Å²) in [6, 6.07) is 11.8. The van der Waals surface area contributed by atoms with E-state index in [4.69, 9.17) is 4.74 Å². The Morgan fingerprint density at radius 1 is 1.22 bits per heavy atom. The van der Waals surface area contributed by atoms with Crippen molar-refractivity contribution >= 4 is 11.3 Å². The second kappa shape index (κ2) is 6.57. The average molecular weight is 262 g/mol. The minimum atomic E-state index is -0.357. The van der Waals surface area contributed by atoms with Crippen LogP contribution in [0.2, 0.25) is 0 Å². The third-order valence-corrected chi connectivity index (χ3v) is 3.84. The van der Waals surface area contributed by atoms with E-state index in [1.165, 1.54) is 0 Å². The number of thiophene rings is 1. The van der Waals surface area contributed by atoms with E-state index in [0.29, 0.717) is 6.61 Å². The number of ether oxygens (including phenoxy) is 1. The highest BCUT2D eigenvalue weighted by atomic mass is 32.1. The summed E-state index contributed by atoms with van der Waals surface area (Å²) in [5.74, 6) is 0.861. The van der Waals surface area contributed by atoms with Crippen LogP contribution in [-0.4, -0.2) is 5.11 Å². The zero-order valence-corrected chi connectivity index (χ0v) is 11.3. The fraction of sp³-hybridized carbons (Fsp3) is 0.333. The second-order valence-electron chi connectivity index (χ2n) is 4.22. The molecule has 1 aromatic carbocycles. The Kier molecular flexibility index (Phi) is 4.79. The minimum absolute atomic E-state index is 0.357. The predicted octanol–water partition coefficient (Wildman–Crippen LogP) is 4.16. The first-order valence-electron chi connectivity index (χ1n) is 6.23. The third-order valence-electron chi connectivity index (χ3n) is 2.78. The standard InChI is InChI=1S/C15H18O2S/c1-2-6-14(16)15-12(9-10-18-15)11-17-13-7-4-3-5-8-13/h3-5,7-10,14,16H,2,6,11H2,1H3. The van der Waals surface area contributed by atoms with Crippen LogP contribution in [0.5, 0.6) is 5.75 Å². The van der Waals surface area contributed by atoms with Crippen molar-refractivity contribution in [1.82, 2.24) is 0 Å². The Hall–Kier alpha value is -1.32. The van der Waals surface area contributed by atoms with Crippen LogP contribution in [0.4, 0.5) is 0 Å². The van der Waals surface area contributed by atoms with Crippen LogP contribution < -0.4 is 4.74 Å². The molecule has 0 saturated heterocycles. The molecule has 2 aromatic rings. The maximum atomic E-state index is 10.0. The van der Waals surface area contributed by atoms with E-state index >= 15 is 0 Å². The fourth-order valence-electron chi connectivity index (χ4n) is 1.84. The summed E-state index contributed by atoms with van der Waals surface area (Å²) < 4.78 is 5.71. The summed E-state index contributed by atoms with van der Waals surface area (Å²) in [4.78, 5) is 1.03. The zero-order valence-electron chi connectivity index (χ0n) is 10.5. The number of rotatable bonds is 6. The normalized spacial score (nSPS) is 12.3. The van der Waals surface area contributed by atoms with Gasteiger partial charge >= 0.3 is 0 Å². The molecule has 3 heteroatoms. The van der Waals surface area contributed by atoms with Crippen LogP contribution in [0.25, 0.3) is 0 Å². The molecular weight excluding hydrogens is 244 g/mol. The van der Waals surface area contributed by atoms with Crippen molar-refractivity contribution in [2.75, 3.05) is 0 Å². The zero-order chi connectivity index (χ0) is 12.8. The lowest BCUT2D eigenvalue weighted by Gasteiger charge is -2.11. The Balaban J connectivity index is 2.00. The molecule has 0 fully saturated rings. The van der Waals surface area contributed by atoms with Gasteiger partial charge in [0.25, 0.3) is 0 Å². The molecule has 0 bridgehead atoms. The molecular formula is C15H18O2S. The van der Waals surface area contributed by atoms with Gasteiger partial charge in [0.1, 0.15) is 12.4 Å². The lowest BCUT2D eigenvalue weighted by molar-refractivity contribution is 0.167. The molecule has 0 aliphatic rings. The number of benzene rings is 1. The van der Waals surface area contributed by atoms with Crippen molar-refractivity contribution in [1.29, 1.82) is 0 Å². The van der Waals surface area contributed by atoms with Gasteiger partial charge in [0.15, 0.2) is 0 Å². The van der Waals surface area contributed by atoms with Crippen molar-refractivity contribution in [3.8, 4) is 5.75 Å². The van der Waals surface area contributed by atoms with E-state index in [2.05, 4.69) is 6.92 Å². The molecule has 96 valence electrons. The lowest BCUT2D eigenvalue weighted by atomic mass is 10.1. The monoisotopic (exact) mass is 262 g/mol. The molecule has 0 spiro atoms. The van der Waals surface area contributed by atoms with Crippen molar-refractivity contribution in [3.05, 3.63) is 52.2 Å². The van der Waals surface area contributed by atoms with E-state index in [9.17, 15) is 5.11 Å². The Morgan fingerprint density at radius 3 is 2.72 bits per heavy atom. The van der Waals surface area contributed by atoms with Crippen LogP contribution >= 0.6 is 11.3 Å². The fourth-order valence-corrected chi connectivity index (χ4v) is 2.77. The third kappa shape index (κ3) is 3.34. The smallest absolute Gasteiger partial charge is 0.119 e. The molecule has 2 nitrogen and oxygen atoms in total. The maximum absolute atomic E-state index is 10.0. The highest BCUT2D eigenvalue weighted by Gasteiger charge is 2.13. The first-order chi connectivity index (χ1) is 8.81. The van der Waals surface area contributed by atoms with Gasteiger partial charge in [-0.15, -0.1) is 11.3 Å². The molecule has 1 unspecified atom stereocenters. The molecule has 2 rings (SSSR count). The van der Waals surface area contributed by atoms with Gasteiger partial charge < -0.3 is 9.84 Å². The maximum Gasteiger partial charge on any atom is 0.119 e. The van der Waals surface area contributed by atoms with E-state index in [1.807, 2.05) is 41.8 Å². The van der Waals surface area contributed by atoms with Crippen LogP contribution in [-0.2, 0) is 6.61 Å². The summed E-state index contributed by atoms with van der Waals surface area (Å²) in [7, 11) is 0. The van der Waals surface area contributed by atoms with Crippen LogP contribution in [0.1, 0.15) is 36.3 Å². The number of aliphatic hydroxyl groups excluding tert-OH is 1. The molecule has 0 aliphatic carbocycles. The molecule has 1 heterocycles. The number of hydrogen-bond acceptors (Lipinski definition) is 3. The summed E-state index contributed by atoms with van der Waals surface area (Å²) in [5.41, 5.74) is 1.09. The van der Waals surface area contributed by atoms with Gasteiger partial charge in [-0.1, -0.05) is 31.5 Å². The van der Waals surface area contributed by atoms with Crippen molar-refractivity contribution in [2.24, 2.45) is 0 Å². The number of para-hydroxylation sites is 1. The van der Waals surface area contributed by atoms with Gasteiger partial charge in [0, 0.05) is 10.4 Å². The van der Waals surface area contributed by atoms with E-state index < -0.39 is 0 Å². The van der Waals surface area contributed by atoms with Crippen LogP contribution in [0.15, 0.2) is 41.8 Å². The van der Waals surface area contributed by atoms with Gasteiger partial charge in [-0.3, -0.25) is 0 Å². The summed E-state index contributed by atoms with van der Waals surface area (Å²) in [6.45, 7) is 2.60. The predicted molar refractivity (Wildman–Crippen MR) is 75.0 cm³/mol. The van der Waals surface area contributed by atoms with Gasteiger partial charge in [-0.2, -0.15) is 0 Å². The highest BCUT2D eigenvalue weighted by molar-refractivity contribution is 7.10. The molecule has 0 aliphatic heterocycles. The van der Waals surface area contributed by atoms with Gasteiger partial charge in [0.2, 0.25) is 0 Å². The summed E-state index contributed by atoms with van der Waals surface area (Å²) in [5, 5.41) is 12.1. The van der Waals surface area contributed by atoms with Crippen molar-refractivity contribution in [3.63, 3.8) is 0 Å². The molecule has 1 aromatic heterocycles. The number of hydrogen-bond donors (Lipinski definition) is 1. The lowest BCUT2D eigenvalue weighted by Crippen LogP contribution is -2.01. The first-order valence-corrected chi connectivity index (χ1v) is 7.11. The molecule has 0 amide bonds. The molecule has 1 N–H and O–H groups in total. The van der Waals surface area contributed by atoms with Crippen LogP contribution in [0.3, 0.4) is 0 Å². The quantitative estimate of drug-likeness (QED) is 0.847.